The number of benzene rings is 2. The highest BCUT2D eigenvalue weighted by Gasteiger charge is 2.11. The van der Waals surface area contributed by atoms with Crippen molar-refractivity contribution in [2.75, 3.05) is 7.11 Å². The van der Waals surface area contributed by atoms with Gasteiger partial charge in [0.1, 0.15) is 23.9 Å². The smallest absolute Gasteiger partial charge is 0.153 e. The van der Waals surface area contributed by atoms with E-state index in [-0.39, 0.29) is 22.9 Å². The van der Waals surface area contributed by atoms with Gasteiger partial charge in [-0.05, 0) is 28.1 Å². The molecule has 2 rings (SSSR count). The Morgan fingerprint density at radius 1 is 1.38 bits per heavy atom. The molecule has 0 radical (unpaired) electrons. The van der Waals surface area contributed by atoms with Gasteiger partial charge in [-0.25, -0.2) is 0 Å². The zero-order chi connectivity index (χ0) is 15.4. The van der Waals surface area contributed by atoms with Gasteiger partial charge >= 0.3 is 0 Å². The molecule has 0 bridgehead atoms. The van der Waals surface area contributed by atoms with Crippen LogP contribution in [0.5, 0.6) is 17.2 Å². The number of ether oxygens (including phenoxy) is 2. The molecule has 2 aromatic rings. The van der Waals surface area contributed by atoms with Crippen molar-refractivity contribution in [2.24, 2.45) is 0 Å². The molecule has 2 aromatic carbocycles. The molecule has 4 nitrogen and oxygen atoms in total. The van der Waals surface area contributed by atoms with Crippen LogP contribution in [0.25, 0.3) is 0 Å². The first-order chi connectivity index (χ1) is 10.1. The molecule has 0 saturated carbocycles. The Morgan fingerprint density at radius 3 is 2.81 bits per heavy atom. The normalized spacial score (nSPS) is 10.2. The van der Waals surface area contributed by atoms with Gasteiger partial charge in [0.15, 0.2) is 6.29 Å². The third-order valence-electron chi connectivity index (χ3n) is 2.84. The molecule has 0 fully saturated rings. The number of aromatic hydroxyl groups is 1. The highest BCUT2D eigenvalue weighted by molar-refractivity contribution is 9.10. The molecule has 0 amide bonds. The van der Waals surface area contributed by atoms with Crippen molar-refractivity contribution < 1.29 is 19.4 Å². The second-order valence-corrected chi connectivity index (χ2v) is 5.44. The van der Waals surface area contributed by atoms with Crippen LogP contribution in [0.3, 0.4) is 0 Å². The molecule has 0 atom stereocenters. The number of methoxy groups -OCH3 is 1. The van der Waals surface area contributed by atoms with Gasteiger partial charge in [-0.1, -0.05) is 23.7 Å². The van der Waals surface area contributed by atoms with Gasteiger partial charge < -0.3 is 14.6 Å². The Labute approximate surface area is 135 Å². The summed E-state index contributed by atoms with van der Waals surface area (Å²) in [6.07, 6.45) is 0.530. The van der Waals surface area contributed by atoms with Gasteiger partial charge in [-0.3, -0.25) is 4.79 Å². The SMILES string of the molecule is COc1c(Br)cccc1COc1cc(O)c(C=O)cc1Cl. The highest BCUT2D eigenvalue weighted by Crippen LogP contribution is 2.34. The van der Waals surface area contributed by atoms with E-state index in [1.165, 1.54) is 12.1 Å². The quantitative estimate of drug-likeness (QED) is 0.800. The van der Waals surface area contributed by atoms with Crippen molar-refractivity contribution in [3.05, 3.63) is 51.0 Å². The first kappa shape index (κ1) is 15.7. The first-order valence-corrected chi connectivity index (χ1v) is 7.15. The fourth-order valence-electron chi connectivity index (χ4n) is 1.81. The van der Waals surface area contributed by atoms with E-state index in [1.54, 1.807) is 7.11 Å². The second kappa shape index (κ2) is 6.83. The summed E-state index contributed by atoms with van der Waals surface area (Å²) >= 11 is 9.41. The lowest BCUT2D eigenvalue weighted by atomic mass is 10.2. The minimum Gasteiger partial charge on any atom is -0.507 e. The number of hydrogen-bond acceptors (Lipinski definition) is 4. The summed E-state index contributed by atoms with van der Waals surface area (Å²) in [6.45, 7) is 0.211. The van der Waals surface area contributed by atoms with Crippen molar-refractivity contribution in [3.8, 4) is 17.2 Å². The maximum Gasteiger partial charge on any atom is 0.153 e. The van der Waals surface area contributed by atoms with Gasteiger partial charge in [0.05, 0.1) is 22.2 Å². The zero-order valence-corrected chi connectivity index (χ0v) is 13.4. The average molecular weight is 372 g/mol. The van der Waals surface area contributed by atoms with Crippen molar-refractivity contribution >= 4 is 33.8 Å². The van der Waals surface area contributed by atoms with Gasteiger partial charge in [-0.15, -0.1) is 0 Å². The van der Waals surface area contributed by atoms with Gasteiger partial charge in [-0.2, -0.15) is 0 Å². The maximum atomic E-state index is 10.7. The minimum absolute atomic E-state index is 0.118. The summed E-state index contributed by atoms with van der Waals surface area (Å²) in [6, 6.07) is 8.25. The van der Waals surface area contributed by atoms with Crippen molar-refractivity contribution in [1.82, 2.24) is 0 Å². The average Bonchev–Trinajstić information content (AvgIpc) is 2.47. The molecule has 21 heavy (non-hydrogen) atoms. The topological polar surface area (TPSA) is 55.8 Å². The predicted molar refractivity (Wildman–Crippen MR) is 83.5 cm³/mol. The van der Waals surface area contributed by atoms with E-state index in [1.807, 2.05) is 18.2 Å². The molecule has 6 heteroatoms. The monoisotopic (exact) mass is 370 g/mol. The molecule has 0 unspecified atom stereocenters. The Kier molecular flexibility index (Phi) is 5.09. The van der Waals surface area contributed by atoms with Crippen LogP contribution in [0.1, 0.15) is 15.9 Å². The van der Waals surface area contributed by atoms with Crippen LogP contribution in [0.4, 0.5) is 0 Å². The summed E-state index contributed by atoms with van der Waals surface area (Å²) in [7, 11) is 1.57. The number of para-hydroxylation sites is 1. The Balaban J connectivity index is 2.23. The standard InChI is InChI=1S/C15H12BrClO4/c1-20-15-9(3-2-4-11(15)16)8-21-14-6-13(19)10(7-18)5-12(14)17/h2-7,19H,8H2,1H3. The summed E-state index contributed by atoms with van der Waals surface area (Å²) < 4.78 is 11.7. The predicted octanol–water partition coefficient (Wildman–Crippen LogP) is 4.21. The minimum atomic E-state index is -0.175. The number of halogens is 2. The van der Waals surface area contributed by atoms with E-state index in [4.69, 9.17) is 21.1 Å². The molecule has 1 N–H and O–H groups in total. The number of carbonyl (C=O) groups excluding carboxylic acids is 1. The van der Waals surface area contributed by atoms with E-state index >= 15 is 0 Å². The molecular weight excluding hydrogens is 360 g/mol. The fourth-order valence-corrected chi connectivity index (χ4v) is 2.61. The fraction of sp³-hybridized carbons (Fsp3) is 0.133. The van der Waals surface area contributed by atoms with Gasteiger partial charge in [0, 0.05) is 11.6 Å². The number of phenolic OH excluding ortho intramolecular Hbond substituents is 1. The van der Waals surface area contributed by atoms with E-state index in [2.05, 4.69) is 15.9 Å². The molecular formula is C15H12BrClO4. The molecule has 0 aliphatic carbocycles. The van der Waals surface area contributed by atoms with Crippen LogP contribution in [0.2, 0.25) is 5.02 Å². The summed E-state index contributed by atoms with van der Waals surface area (Å²) in [5.41, 5.74) is 0.939. The third kappa shape index (κ3) is 3.49. The number of carbonyl (C=O) groups is 1. The van der Waals surface area contributed by atoms with Crippen molar-refractivity contribution in [1.29, 1.82) is 0 Å². The van der Waals surface area contributed by atoms with Crippen molar-refractivity contribution in [3.63, 3.8) is 0 Å². The van der Waals surface area contributed by atoms with Crippen LogP contribution in [0.15, 0.2) is 34.8 Å². The Bertz CT molecular complexity index is 673. The molecule has 110 valence electrons. The number of aldehydes is 1. The number of phenols is 1. The lowest BCUT2D eigenvalue weighted by Crippen LogP contribution is -2.00. The summed E-state index contributed by atoms with van der Waals surface area (Å²) in [5.74, 6) is 0.787. The molecule has 0 aromatic heterocycles. The van der Waals surface area contributed by atoms with Crippen LogP contribution in [-0.2, 0) is 6.61 Å². The molecule has 0 aliphatic heterocycles. The Hall–Kier alpha value is -1.72. The molecule has 0 heterocycles. The highest BCUT2D eigenvalue weighted by atomic mass is 79.9. The summed E-state index contributed by atoms with van der Waals surface area (Å²) in [5, 5.41) is 9.91. The van der Waals surface area contributed by atoms with E-state index < -0.39 is 0 Å². The summed E-state index contributed by atoms with van der Waals surface area (Å²) in [4.78, 5) is 10.7. The Morgan fingerprint density at radius 2 is 2.14 bits per heavy atom. The molecule has 0 saturated heterocycles. The van der Waals surface area contributed by atoms with Crippen LogP contribution < -0.4 is 9.47 Å². The lowest BCUT2D eigenvalue weighted by Gasteiger charge is -2.13. The second-order valence-electron chi connectivity index (χ2n) is 4.18. The lowest BCUT2D eigenvalue weighted by molar-refractivity contribution is 0.112. The zero-order valence-electron chi connectivity index (χ0n) is 11.1. The van der Waals surface area contributed by atoms with Crippen LogP contribution in [0, 0.1) is 0 Å². The van der Waals surface area contributed by atoms with E-state index in [0.717, 1.165) is 10.0 Å². The molecule has 0 aliphatic rings. The third-order valence-corrected chi connectivity index (χ3v) is 3.76. The van der Waals surface area contributed by atoms with Gasteiger partial charge in [0.2, 0.25) is 0 Å². The molecule has 0 spiro atoms. The van der Waals surface area contributed by atoms with Crippen molar-refractivity contribution in [2.45, 2.75) is 6.61 Å². The number of rotatable bonds is 5. The van der Waals surface area contributed by atoms with E-state index in [0.29, 0.717) is 17.8 Å². The van der Waals surface area contributed by atoms with Crippen LogP contribution in [-0.4, -0.2) is 18.5 Å². The van der Waals surface area contributed by atoms with Gasteiger partial charge in [0.25, 0.3) is 0 Å². The van der Waals surface area contributed by atoms with E-state index in [9.17, 15) is 9.90 Å². The first-order valence-electron chi connectivity index (χ1n) is 5.98. The number of hydrogen-bond donors (Lipinski definition) is 1. The maximum absolute atomic E-state index is 10.7. The largest absolute Gasteiger partial charge is 0.507 e. The van der Waals surface area contributed by atoms with Crippen LogP contribution >= 0.6 is 27.5 Å².